The van der Waals surface area contributed by atoms with E-state index in [9.17, 15) is 13.2 Å². The van der Waals surface area contributed by atoms with Crippen LogP contribution >= 0.6 is 0 Å². The van der Waals surface area contributed by atoms with E-state index in [1.807, 2.05) is 13.8 Å². The second kappa shape index (κ2) is 7.35. The van der Waals surface area contributed by atoms with Crippen LogP contribution < -0.4 is 11.1 Å². The van der Waals surface area contributed by atoms with Crippen LogP contribution in [0.2, 0.25) is 0 Å². The highest BCUT2D eigenvalue weighted by Crippen LogP contribution is 2.18. The van der Waals surface area contributed by atoms with Crippen LogP contribution in [-0.2, 0) is 19.6 Å². The third-order valence-electron chi connectivity index (χ3n) is 3.28. The van der Waals surface area contributed by atoms with Gasteiger partial charge in [0.15, 0.2) is 0 Å². The van der Waals surface area contributed by atoms with Crippen molar-refractivity contribution in [2.24, 2.45) is 5.73 Å². The number of rotatable bonds is 6. The molecule has 1 heterocycles. The van der Waals surface area contributed by atoms with Gasteiger partial charge in [0.05, 0.1) is 18.5 Å². The molecule has 1 saturated heterocycles. The van der Waals surface area contributed by atoms with Gasteiger partial charge in [-0.1, -0.05) is 6.92 Å². The Labute approximate surface area is 120 Å². The Bertz CT molecular complexity index is 420. The minimum atomic E-state index is -3.59. The number of sulfonamides is 1. The summed E-state index contributed by atoms with van der Waals surface area (Å²) in [6.45, 7) is 6.05. The lowest BCUT2D eigenvalue weighted by Gasteiger charge is -2.36. The summed E-state index contributed by atoms with van der Waals surface area (Å²) in [6, 6.07) is -0.859. The molecule has 20 heavy (non-hydrogen) atoms. The Morgan fingerprint density at radius 2 is 2.15 bits per heavy atom. The number of morpholine rings is 1. The van der Waals surface area contributed by atoms with Crippen molar-refractivity contribution in [2.75, 3.05) is 26.3 Å². The molecule has 118 valence electrons. The van der Waals surface area contributed by atoms with Gasteiger partial charge in [0, 0.05) is 19.1 Å². The van der Waals surface area contributed by atoms with E-state index in [2.05, 4.69) is 5.32 Å². The minimum absolute atomic E-state index is 0.0503. The minimum Gasteiger partial charge on any atom is -0.378 e. The van der Waals surface area contributed by atoms with E-state index in [0.29, 0.717) is 13.0 Å². The van der Waals surface area contributed by atoms with E-state index in [1.165, 1.54) is 4.31 Å². The number of nitrogens with zero attached hydrogens (tertiary/aromatic N) is 1. The van der Waals surface area contributed by atoms with Crippen molar-refractivity contribution in [3.8, 4) is 0 Å². The molecule has 2 atom stereocenters. The Kier molecular flexibility index (Phi) is 6.38. The van der Waals surface area contributed by atoms with Crippen LogP contribution in [0.5, 0.6) is 0 Å². The van der Waals surface area contributed by atoms with Gasteiger partial charge in [-0.25, -0.2) is 8.42 Å². The largest absolute Gasteiger partial charge is 0.378 e. The summed E-state index contributed by atoms with van der Waals surface area (Å²) >= 11 is 0. The number of ether oxygens (including phenoxy) is 1. The van der Waals surface area contributed by atoms with Gasteiger partial charge in [-0.15, -0.1) is 0 Å². The molecule has 2 unspecified atom stereocenters. The molecular weight excluding hydrogens is 282 g/mol. The quantitative estimate of drug-likeness (QED) is 0.674. The Hall–Kier alpha value is -0.700. The Balaban J connectivity index is 2.96. The maximum absolute atomic E-state index is 12.6. The van der Waals surface area contributed by atoms with E-state index < -0.39 is 21.3 Å². The molecule has 1 aliphatic rings. The zero-order chi connectivity index (χ0) is 15.3. The van der Waals surface area contributed by atoms with Gasteiger partial charge in [0.2, 0.25) is 15.9 Å². The summed E-state index contributed by atoms with van der Waals surface area (Å²) in [5.74, 6) is -0.324. The van der Waals surface area contributed by atoms with Crippen LogP contribution in [0.1, 0.15) is 27.2 Å². The third-order valence-corrected chi connectivity index (χ3v) is 5.74. The van der Waals surface area contributed by atoms with Crippen LogP contribution in [0, 0.1) is 0 Å². The van der Waals surface area contributed by atoms with Gasteiger partial charge < -0.3 is 15.8 Å². The predicted molar refractivity (Wildman–Crippen MR) is 76.6 cm³/mol. The van der Waals surface area contributed by atoms with Crippen LogP contribution in [0.4, 0.5) is 0 Å². The fourth-order valence-electron chi connectivity index (χ4n) is 2.17. The van der Waals surface area contributed by atoms with E-state index >= 15 is 0 Å². The molecule has 7 nitrogen and oxygen atoms in total. The average molecular weight is 307 g/mol. The second-order valence-electron chi connectivity index (χ2n) is 5.18. The molecule has 0 spiro atoms. The molecule has 3 N–H and O–H groups in total. The second-order valence-corrected chi connectivity index (χ2v) is 7.34. The first-order chi connectivity index (χ1) is 9.34. The van der Waals surface area contributed by atoms with Crippen LogP contribution in [0.3, 0.4) is 0 Å². The summed E-state index contributed by atoms with van der Waals surface area (Å²) in [6.07, 6.45) is 0.425. The van der Waals surface area contributed by atoms with E-state index in [4.69, 9.17) is 10.5 Å². The summed E-state index contributed by atoms with van der Waals surface area (Å²) in [4.78, 5) is 12.1. The fraction of sp³-hybridized carbons (Fsp3) is 0.917. The summed E-state index contributed by atoms with van der Waals surface area (Å²) < 4.78 is 31.6. The number of nitrogens with one attached hydrogen (secondary N) is 1. The topological polar surface area (TPSA) is 102 Å². The highest BCUT2D eigenvalue weighted by Gasteiger charge is 2.40. The monoisotopic (exact) mass is 307 g/mol. The van der Waals surface area contributed by atoms with Crippen molar-refractivity contribution in [3.63, 3.8) is 0 Å². The molecule has 0 aromatic rings. The molecule has 1 rings (SSSR count). The van der Waals surface area contributed by atoms with Gasteiger partial charge >= 0.3 is 0 Å². The van der Waals surface area contributed by atoms with Crippen molar-refractivity contribution in [2.45, 2.75) is 44.5 Å². The summed E-state index contributed by atoms with van der Waals surface area (Å²) in [5.41, 5.74) is 5.54. The fourth-order valence-corrected chi connectivity index (χ4v) is 4.06. The van der Waals surface area contributed by atoms with E-state index in [1.54, 1.807) is 6.92 Å². The molecule has 0 radical (unpaired) electrons. The average Bonchev–Trinajstić information content (AvgIpc) is 2.39. The van der Waals surface area contributed by atoms with Gasteiger partial charge in [-0.2, -0.15) is 4.31 Å². The maximum atomic E-state index is 12.6. The van der Waals surface area contributed by atoms with Crippen molar-refractivity contribution in [3.05, 3.63) is 0 Å². The molecule has 0 saturated carbocycles. The van der Waals surface area contributed by atoms with Crippen LogP contribution in [0.15, 0.2) is 0 Å². The number of hydrogen-bond donors (Lipinski definition) is 2. The molecule has 1 aliphatic heterocycles. The van der Waals surface area contributed by atoms with Gasteiger partial charge in [-0.3, -0.25) is 4.79 Å². The molecule has 0 aromatic heterocycles. The zero-order valence-corrected chi connectivity index (χ0v) is 13.1. The molecule has 0 bridgehead atoms. The lowest BCUT2D eigenvalue weighted by atomic mass is 10.2. The Morgan fingerprint density at radius 3 is 2.65 bits per heavy atom. The first kappa shape index (κ1) is 17.4. The van der Waals surface area contributed by atoms with Crippen LogP contribution in [0.25, 0.3) is 0 Å². The predicted octanol–water partition coefficient (Wildman–Crippen LogP) is -0.721. The summed E-state index contributed by atoms with van der Waals surface area (Å²) in [7, 11) is -3.59. The van der Waals surface area contributed by atoms with Crippen molar-refractivity contribution < 1.29 is 17.9 Å². The van der Waals surface area contributed by atoms with Crippen molar-refractivity contribution >= 4 is 15.9 Å². The van der Waals surface area contributed by atoms with E-state index in [0.717, 1.165) is 0 Å². The zero-order valence-electron chi connectivity index (χ0n) is 12.3. The molecule has 1 fully saturated rings. The van der Waals surface area contributed by atoms with Crippen LogP contribution in [-0.4, -0.2) is 62.3 Å². The van der Waals surface area contributed by atoms with Crippen molar-refractivity contribution in [1.29, 1.82) is 0 Å². The van der Waals surface area contributed by atoms with Gasteiger partial charge in [0.25, 0.3) is 0 Å². The maximum Gasteiger partial charge on any atom is 0.241 e. The first-order valence-corrected chi connectivity index (χ1v) is 8.43. The SMILES string of the molecule is CCC(CN)S(=O)(=O)N1CCOCC1C(=O)NC(C)C. The lowest BCUT2D eigenvalue weighted by Crippen LogP contribution is -2.58. The highest BCUT2D eigenvalue weighted by molar-refractivity contribution is 7.89. The summed E-state index contributed by atoms with van der Waals surface area (Å²) in [5, 5.41) is 2.08. The number of carbonyl (C=O) groups excluding carboxylic acids is 1. The molecular formula is C12H25N3O4S. The third kappa shape index (κ3) is 3.91. The molecule has 8 heteroatoms. The number of amides is 1. The molecule has 0 aliphatic carbocycles. The van der Waals surface area contributed by atoms with E-state index in [-0.39, 0.29) is 31.6 Å². The lowest BCUT2D eigenvalue weighted by molar-refractivity contribution is -0.129. The number of carbonyl (C=O) groups is 1. The first-order valence-electron chi connectivity index (χ1n) is 6.93. The van der Waals surface area contributed by atoms with Crippen molar-refractivity contribution in [1.82, 2.24) is 9.62 Å². The Morgan fingerprint density at radius 1 is 1.50 bits per heavy atom. The number of hydrogen-bond acceptors (Lipinski definition) is 5. The molecule has 0 aromatic carbocycles. The molecule has 1 amide bonds. The van der Waals surface area contributed by atoms with Gasteiger partial charge in [0.1, 0.15) is 6.04 Å². The highest BCUT2D eigenvalue weighted by atomic mass is 32.2. The smallest absolute Gasteiger partial charge is 0.241 e. The number of nitrogens with two attached hydrogens (primary N) is 1. The standard InChI is InChI=1S/C12H25N3O4S/c1-4-10(7-13)20(17,18)15-5-6-19-8-11(15)12(16)14-9(2)3/h9-11H,4-8,13H2,1-3H3,(H,14,16). The normalized spacial score (nSPS) is 22.8. The van der Waals surface area contributed by atoms with Gasteiger partial charge in [-0.05, 0) is 20.3 Å².